The molecule has 3 aromatic heterocycles. The van der Waals surface area contributed by atoms with Crippen LogP contribution < -0.4 is 11.2 Å². The van der Waals surface area contributed by atoms with Crippen LogP contribution in [0.1, 0.15) is 11.1 Å². The summed E-state index contributed by atoms with van der Waals surface area (Å²) >= 11 is 7.42. The molecule has 1 N–H and O–H groups in total. The molecule has 0 radical (unpaired) electrons. The highest BCUT2D eigenvalue weighted by Crippen LogP contribution is 2.26. The lowest BCUT2D eigenvalue weighted by atomic mass is 10.1. The Hall–Kier alpha value is -3.36. The van der Waals surface area contributed by atoms with Gasteiger partial charge in [0, 0.05) is 22.2 Å². The van der Waals surface area contributed by atoms with Gasteiger partial charge < -0.3 is 9.40 Å². The van der Waals surface area contributed by atoms with Crippen LogP contribution in [-0.2, 0) is 5.75 Å². The smallest absolute Gasteiger partial charge is 0.336 e. The first-order chi connectivity index (χ1) is 15.0. The first kappa shape index (κ1) is 19.6. The zero-order chi connectivity index (χ0) is 21.5. The van der Waals surface area contributed by atoms with E-state index >= 15 is 0 Å². The Morgan fingerprint density at radius 3 is 2.84 bits per heavy atom. The van der Waals surface area contributed by atoms with Crippen LogP contribution in [0.4, 0.5) is 0 Å². The number of thioether (sulfide) groups is 1. The van der Waals surface area contributed by atoms with Crippen molar-refractivity contribution in [1.82, 2.24) is 19.7 Å². The number of hydrogen-bond donors (Lipinski definition) is 1. The molecule has 0 aliphatic rings. The maximum atomic E-state index is 12.6. The van der Waals surface area contributed by atoms with Gasteiger partial charge in [-0.1, -0.05) is 41.6 Å². The summed E-state index contributed by atoms with van der Waals surface area (Å²) in [5.74, 6) is 0.435. The summed E-state index contributed by atoms with van der Waals surface area (Å²) in [7, 11) is 0. The third-order valence-electron chi connectivity index (χ3n) is 4.82. The second-order valence-corrected chi connectivity index (χ2v) is 8.42. The van der Waals surface area contributed by atoms with E-state index in [-0.39, 0.29) is 5.56 Å². The molecule has 0 aliphatic heterocycles. The molecule has 31 heavy (non-hydrogen) atoms. The van der Waals surface area contributed by atoms with Gasteiger partial charge in [-0.3, -0.25) is 4.79 Å². The molecule has 5 aromatic rings. The summed E-state index contributed by atoms with van der Waals surface area (Å²) in [6.07, 6.45) is 1.48. The van der Waals surface area contributed by atoms with Crippen LogP contribution in [0.2, 0.25) is 5.02 Å². The molecule has 7 nitrogen and oxygen atoms in total. The summed E-state index contributed by atoms with van der Waals surface area (Å²) in [4.78, 5) is 31.9. The molecule has 0 bridgehead atoms. The average molecular weight is 451 g/mol. The van der Waals surface area contributed by atoms with Gasteiger partial charge in [0.1, 0.15) is 11.0 Å². The lowest BCUT2D eigenvalue weighted by Gasteiger charge is -2.07. The molecule has 0 unspecified atom stereocenters. The fourth-order valence-corrected chi connectivity index (χ4v) is 4.40. The van der Waals surface area contributed by atoms with E-state index in [1.165, 1.54) is 24.0 Å². The second kappa shape index (κ2) is 7.72. The third kappa shape index (κ3) is 3.75. The lowest BCUT2D eigenvalue weighted by molar-refractivity contribution is 0.559. The van der Waals surface area contributed by atoms with E-state index in [0.717, 1.165) is 16.5 Å². The van der Waals surface area contributed by atoms with E-state index < -0.39 is 5.63 Å². The number of aromatic nitrogens is 4. The fourth-order valence-electron chi connectivity index (χ4n) is 3.37. The van der Waals surface area contributed by atoms with Crippen molar-refractivity contribution in [2.45, 2.75) is 17.8 Å². The third-order valence-corrected chi connectivity index (χ3v) is 5.98. The van der Waals surface area contributed by atoms with Gasteiger partial charge in [0.15, 0.2) is 10.8 Å². The fraction of sp³-hybridized carbons (Fsp3) is 0.0909. The first-order valence-electron chi connectivity index (χ1n) is 9.38. The summed E-state index contributed by atoms with van der Waals surface area (Å²) in [5.41, 5.74) is 2.80. The SMILES string of the molecule is Cc1ccc2c(CSc3nc4c(cnn4-c4cccc(Cl)c4)c(=O)[nH]3)cc(=O)oc2c1. The summed E-state index contributed by atoms with van der Waals surface area (Å²) in [5, 5.41) is 6.52. The quantitative estimate of drug-likeness (QED) is 0.246. The van der Waals surface area contributed by atoms with E-state index in [9.17, 15) is 9.59 Å². The van der Waals surface area contributed by atoms with Crippen molar-refractivity contribution in [3.8, 4) is 5.69 Å². The molecule has 5 rings (SSSR count). The minimum atomic E-state index is -0.412. The molecular formula is C22H15ClN4O3S. The number of aryl methyl sites for hydroxylation is 1. The highest BCUT2D eigenvalue weighted by atomic mass is 35.5. The van der Waals surface area contributed by atoms with E-state index in [1.807, 2.05) is 37.3 Å². The zero-order valence-electron chi connectivity index (χ0n) is 16.3. The molecular weight excluding hydrogens is 436 g/mol. The lowest BCUT2D eigenvalue weighted by Crippen LogP contribution is -2.10. The molecule has 2 aromatic carbocycles. The van der Waals surface area contributed by atoms with E-state index in [1.54, 1.807) is 16.8 Å². The zero-order valence-corrected chi connectivity index (χ0v) is 17.8. The summed E-state index contributed by atoms with van der Waals surface area (Å²) in [6, 6.07) is 14.4. The normalized spacial score (nSPS) is 11.4. The molecule has 0 atom stereocenters. The highest BCUT2D eigenvalue weighted by molar-refractivity contribution is 7.98. The number of benzene rings is 2. The number of fused-ring (bicyclic) bond motifs is 2. The van der Waals surface area contributed by atoms with E-state index in [4.69, 9.17) is 16.0 Å². The van der Waals surface area contributed by atoms with Crippen molar-refractivity contribution in [3.63, 3.8) is 0 Å². The summed E-state index contributed by atoms with van der Waals surface area (Å²) < 4.78 is 6.89. The van der Waals surface area contributed by atoms with Gasteiger partial charge in [-0.05, 0) is 42.3 Å². The molecule has 9 heteroatoms. The largest absolute Gasteiger partial charge is 0.423 e. The Morgan fingerprint density at radius 2 is 2.00 bits per heavy atom. The average Bonchev–Trinajstić information content (AvgIpc) is 3.16. The number of hydrogen-bond acceptors (Lipinski definition) is 6. The van der Waals surface area contributed by atoms with Gasteiger partial charge in [0.25, 0.3) is 5.56 Å². The van der Waals surface area contributed by atoms with Gasteiger partial charge in [-0.25, -0.2) is 14.5 Å². The number of H-pyrrole nitrogens is 1. The van der Waals surface area contributed by atoms with Crippen molar-refractivity contribution in [3.05, 3.63) is 91.7 Å². The Kier molecular flexibility index (Phi) is 4.88. The van der Waals surface area contributed by atoms with Crippen molar-refractivity contribution in [2.75, 3.05) is 0 Å². The number of rotatable bonds is 4. The monoisotopic (exact) mass is 450 g/mol. The number of nitrogens with zero attached hydrogens (tertiary/aromatic N) is 3. The molecule has 0 saturated carbocycles. The van der Waals surface area contributed by atoms with E-state index in [0.29, 0.717) is 38.2 Å². The Labute approximate surface area is 184 Å². The van der Waals surface area contributed by atoms with Crippen LogP contribution in [0.25, 0.3) is 27.7 Å². The van der Waals surface area contributed by atoms with Crippen LogP contribution in [0.5, 0.6) is 0 Å². The predicted octanol–water partition coefficient (Wildman–Crippen LogP) is 4.47. The Balaban J connectivity index is 1.53. The maximum absolute atomic E-state index is 12.6. The van der Waals surface area contributed by atoms with Crippen molar-refractivity contribution in [1.29, 1.82) is 0 Å². The standard InChI is InChI=1S/C22H15ClN4O3S/c1-12-5-6-16-13(8-19(28)30-18(16)7-12)11-31-22-25-20-17(21(29)26-22)10-24-27(20)15-4-2-3-14(23)9-15/h2-10H,11H2,1H3,(H,25,26,29). The van der Waals surface area contributed by atoms with Crippen LogP contribution >= 0.6 is 23.4 Å². The van der Waals surface area contributed by atoms with Crippen LogP contribution in [0.3, 0.4) is 0 Å². The van der Waals surface area contributed by atoms with Gasteiger partial charge >= 0.3 is 5.63 Å². The van der Waals surface area contributed by atoms with Gasteiger partial charge in [0.2, 0.25) is 0 Å². The van der Waals surface area contributed by atoms with Gasteiger partial charge in [-0.2, -0.15) is 5.10 Å². The minimum Gasteiger partial charge on any atom is -0.423 e. The predicted molar refractivity (Wildman–Crippen MR) is 121 cm³/mol. The number of aromatic amines is 1. The molecule has 0 aliphatic carbocycles. The van der Waals surface area contributed by atoms with Gasteiger partial charge in [-0.15, -0.1) is 0 Å². The van der Waals surface area contributed by atoms with E-state index in [2.05, 4.69) is 15.1 Å². The van der Waals surface area contributed by atoms with Crippen LogP contribution in [-0.4, -0.2) is 19.7 Å². The highest BCUT2D eigenvalue weighted by Gasteiger charge is 2.13. The Bertz CT molecular complexity index is 1570. The molecule has 0 spiro atoms. The second-order valence-electron chi connectivity index (χ2n) is 7.02. The molecule has 0 amide bonds. The Morgan fingerprint density at radius 1 is 1.13 bits per heavy atom. The number of halogens is 1. The minimum absolute atomic E-state index is 0.283. The van der Waals surface area contributed by atoms with Gasteiger partial charge in [0.05, 0.1) is 11.9 Å². The van der Waals surface area contributed by atoms with Crippen LogP contribution in [0, 0.1) is 6.92 Å². The molecule has 0 saturated heterocycles. The topological polar surface area (TPSA) is 93.8 Å². The van der Waals surface area contributed by atoms with Crippen molar-refractivity contribution >= 4 is 45.4 Å². The maximum Gasteiger partial charge on any atom is 0.336 e. The number of nitrogens with one attached hydrogen (secondary N) is 1. The summed E-state index contributed by atoms with van der Waals surface area (Å²) in [6.45, 7) is 1.94. The van der Waals surface area contributed by atoms with Crippen molar-refractivity contribution < 1.29 is 4.42 Å². The molecule has 0 fully saturated rings. The van der Waals surface area contributed by atoms with Crippen molar-refractivity contribution in [2.24, 2.45) is 0 Å². The molecule has 3 heterocycles. The molecule has 154 valence electrons. The first-order valence-corrected chi connectivity index (χ1v) is 10.7. The van der Waals surface area contributed by atoms with Crippen LogP contribution in [0.15, 0.2) is 73.9 Å².